The first kappa shape index (κ1) is 14.0. The summed E-state index contributed by atoms with van der Waals surface area (Å²) in [7, 11) is 0. The minimum absolute atomic E-state index is 0.0449. The van der Waals surface area contributed by atoms with E-state index in [0.29, 0.717) is 10.0 Å². The van der Waals surface area contributed by atoms with Gasteiger partial charge >= 0.3 is 0 Å². The van der Waals surface area contributed by atoms with Gasteiger partial charge in [-0.2, -0.15) is 11.3 Å². The number of halogens is 2. The number of benzene rings is 1. The van der Waals surface area contributed by atoms with Crippen molar-refractivity contribution in [3.05, 3.63) is 50.4 Å². The van der Waals surface area contributed by atoms with E-state index in [-0.39, 0.29) is 17.6 Å². The summed E-state index contributed by atoms with van der Waals surface area (Å²) < 4.78 is 13.6. The zero-order valence-electron chi connectivity index (χ0n) is 10.1. The van der Waals surface area contributed by atoms with Gasteiger partial charge in [0.05, 0.1) is 17.3 Å². The van der Waals surface area contributed by atoms with Crippen molar-refractivity contribution in [3.63, 3.8) is 0 Å². The maximum atomic E-state index is 13.2. The van der Waals surface area contributed by atoms with E-state index < -0.39 is 5.82 Å². The number of rotatable bonds is 3. The lowest BCUT2D eigenvalue weighted by Gasteiger charge is -2.14. The molecule has 2 aromatic rings. The summed E-state index contributed by atoms with van der Waals surface area (Å²) in [6, 6.07) is 4.36. The molecular formula is C13H12BrFN2OS. The molecule has 0 bridgehead atoms. The summed E-state index contributed by atoms with van der Waals surface area (Å²) in [5, 5.41) is 6.77. The first-order valence-corrected chi connectivity index (χ1v) is 7.30. The predicted molar refractivity (Wildman–Crippen MR) is 78.7 cm³/mol. The van der Waals surface area contributed by atoms with Gasteiger partial charge in [0.1, 0.15) is 5.82 Å². The van der Waals surface area contributed by atoms with Crippen molar-refractivity contribution in [2.75, 3.05) is 5.73 Å². The highest BCUT2D eigenvalue weighted by Gasteiger charge is 2.16. The Balaban J connectivity index is 2.19. The molecule has 0 saturated heterocycles. The average molecular weight is 343 g/mol. The van der Waals surface area contributed by atoms with E-state index in [2.05, 4.69) is 21.2 Å². The molecule has 0 aliphatic rings. The monoisotopic (exact) mass is 342 g/mol. The van der Waals surface area contributed by atoms with Gasteiger partial charge in [0, 0.05) is 4.47 Å². The average Bonchev–Trinajstić information content (AvgIpc) is 2.87. The normalized spacial score (nSPS) is 12.2. The van der Waals surface area contributed by atoms with Crippen LogP contribution in [0.1, 0.15) is 28.9 Å². The summed E-state index contributed by atoms with van der Waals surface area (Å²) in [5.41, 5.74) is 6.79. The Hall–Kier alpha value is -1.40. The minimum atomic E-state index is -0.547. The van der Waals surface area contributed by atoms with Gasteiger partial charge in [-0.1, -0.05) is 0 Å². The number of amides is 1. The topological polar surface area (TPSA) is 55.1 Å². The zero-order chi connectivity index (χ0) is 14.0. The van der Waals surface area contributed by atoms with Crippen LogP contribution in [-0.4, -0.2) is 5.91 Å². The fourth-order valence-corrected chi connectivity index (χ4v) is 2.87. The van der Waals surface area contributed by atoms with Crippen LogP contribution in [0.2, 0.25) is 0 Å². The minimum Gasteiger partial charge on any atom is -0.396 e. The lowest BCUT2D eigenvalue weighted by atomic mass is 10.1. The SMILES string of the molecule is CC(NC(=O)c1cc(N)c(F)cc1Br)c1ccsc1. The Kier molecular flexibility index (Phi) is 4.21. The third-order valence-electron chi connectivity index (χ3n) is 2.72. The largest absolute Gasteiger partial charge is 0.396 e. The highest BCUT2D eigenvalue weighted by atomic mass is 79.9. The van der Waals surface area contributed by atoms with Crippen LogP contribution in [-0.2, 0) is 0 Å². The first-order chi connectivity index (χ1) is 8.99. The molecule has 0 aliphatic carbocycles. The number of hydrogen-bond acceptors (Lipinski definition) is 3. The molecule has 1 aromatic carbocycles. The molecule has 0 spiro atoms. The Morgan fingerprint density at radius 1 is 1.53 bits per heavy atom. The van der Waals surface area contributed by atoms with Crippen LogP contribution in [0, 0.1) is 5.82 Å². The smallest absolute Gasteiger partial charge is 0.252 e. The number of anilines is 1. The second-order valence-corrected chi connectivity index (χ2v) is 5.74. The molecular weight excluding hydrogens is 331 g/mol. The summed E-state index contributed by atoms with van der Waals surface area (Å²) in [6.45, 7) is 1.89. The molecule has 6 heteroatoms. The van der Waals surface area contributed by atoms with E-state index in [1.165, 1.54) is 12.1 Å². The summed E-state index contributed by atoms with van der Waals surface area (Å²) >= 11 is 4.73. The molecule has 3 N–H and O–H groups in total. The number of nitrogens with two attached hydrogens (primary N) is 1. The number of thiophene rings is 1. The fraction of sp³-hybridized carbons (Fsp3) is 0.154. The van der Waals surface area contributed by atoms with Crippen LogP contribution >= 0.6 is 27.3 Å². The van der Waals surface area contributed by atoms with Gasteiger partial charge in [0.15, 0.2) is 0 Å². The van der Waals surface area contributed by atoms with E-state index in [1.807, 2.05) is 23.8 Å². The van der Waals surface area contributed by atoms with Gasteiger partial charge in [-0.05, 0) is 57.4 Å². The van der Waals surface area contributed by atoms with Crippen LogP contribution in [0.3, 0.4) is 0 Å². The van der Waals surface area contributed by atoms with Crippen molar-refractivity contribution >= 4 is 38.9 Å². The molecule has 0 saturated carbocycles. The van der Waals surface area contributed by atoms with Crippen molar-refractivity contribution in [1.29, 1.82) is 0 Å². The van der Waals surface area contributed by atoms with E-state index >= 15 is 0 Å². The van der Waals surface area contributed by atoms with Crippen molar-refractivity contribution in [3.8, 4) is 0 Å². The van der Waals surface area contributed by atoms with E-state index in [0.717, 1.165) is 5.56 Å². The quantitative estimate of drug-likeness (QED) is 0.835. The molecule has 0 radical (unpaired) electrons. The van der Waals surface area contributed by atoms with Crippen molar-refractivity contribution in [2.45, 2.75) is 13.0 Å². The van der Waals surface area contributed by atoms with Crippen LogP contribution in [0.5, 0.6) is 0 Å². The van der Waals surface area contributed by atoms with Gasteiger partial charge in [-0.15, -0.1) is 0 Å². The number of hydrogen-bond donors (Lipinski definition) is 2. The van der Waals surface area contributed by atoms with E-state index in [9.17, 15) is 9.18 Å². The zero-order valence-corrected chi connectivity index (χ0v) is 12.5. The van der Waals surface area contributed by atoms with Crippen LogP contribution in [0.15, 0.2) is 33.4 Å². The molecule has 0 fully saturated rings. The molecule has 3 nitrogen and oxygen atoms in total. The maximum Gasteiger partial charge on any atom is 0.252 e. The summed E-state index contributed by atoms with van der Waals surface area (Å²) in [4.78, 5) is 12.1. The molecule has 1 amide bonds. The Bertz CT molecular complexity index is 601. The third-order valence-corrected chi connectivity index (χ3v) is 4.08. The van der Waals surface area contributed by atoms with Gasteiger partial charge in [-0.25, -0.2) is 4.39 Å². The predicted octanol–water partition coefficient (Wildman–Crippen LogP) is 3.72. The molecule has 1 unspecified atom stereocenters. The Morgan fingerprint density at radius 3 is 2.89 bits per heavy atom. The van der Waals surface area contributed by atoms with Crippen LogP contribution in [0.25, 0.3) is 0 Å². The molecule has 1 atom stereocenters. The number of carbonyl (C=O) groups excluding carboxylic acids is 1. The third kappa shape index (κ3) is 3.13. The van der Waals surface area contributed by atoms with Crippen LogP contribution in [0.4, 0.5) is 10.1 Å². The lowest BCUT2D eigenvalue weighted by Crippen LogP contribution is -2.26. The fourth-order valence-electron chi connectivity index (χ4n) is 1.62. The van der Waals surface area contributed by atoms with Gasteiger partial charge in [0.25, 0.3) is 5.91 Å². The first-order valence-electron chi connectivity index (χ1n) is 5.56. The highest BCUT2D eigenvalue weighted by Crippen LogP contribution is 2.24. The van der Waals surface area contributed by atoms with Gasteiger partial charge in [-0.3, -0.25) is 4.79 Å². The molecule has 100 valence electrons. The van der Waals surface area contributed by atoms with Gasteiger partial charge in [0.2, 0.25) is 0 Å². The summed E-state index contributed by atoms with van der Waals surface area (Å²) in [5.74, 6) is -0.841. The van der Waals surface area contributed by atoms with E-state index in [1.54, 1.807) is 11.3 Å². The molecule has 2 rings (SSSR count). The van der Waals surface area contributed by atoms with Crippen molar-refractivity contribution in [2.24, 2.45) is 0 Å². The lowest BCUT2D eigenvalue weighted by molar-refractivity contribution is 0.0939. The molecule has 1 heterocycles. The number of nitrogen functional groups attached to an aromatic ring is 1. The highest BCUT2D eigenvalue weighted by molar-refractivity contribution is 9.10. The van der Waals surface area contributed by atoms with Crippen molar-refractivity contribution < 1.29 is 9.18 Å². The Morgan fingerprint density at radius 2 is 2.26 bits per heavy atom. The maximum absolute atomic E-state index is 13.2. The van der Waals surface area contributed by atoms with Crippen LogP contribution < -0.4 is 11.1 Å². The molecule has 1 aromatic heterocycles. The number of nitrogens with one attached hydrogen (secondary N) is 1. The Labute approximate surface area is 122 Å². The number of carbonyl (C=O) groups is 1. The summed E-state index contributed by atoms with van der Waals surface area (Å²) in [6.07, 6.45) is 0. The second-order valence-electron chi connectivity index (χ2n) is 4.11. The molecule has 19 heavy (non-hydrogen) atoms. The molecule has 0 aliphatic heterocycles. The van der Waals surface area contributed by atoms with E-state index in [4.69, 9.17) is 5.73 Å². The van der Waals surface area contributed by atoms with Crippen molar-refractivity contribution in [1.82, 2.24) is 5.32 Å². The second kappa shape index (κ2) is 5.71. The van der Waals surface area contributed by atoms with Gasteiger partial charge < -0.3 is 11.1 Å². The standard InChI is InChI=1S/C13H12BrFN2OS/c1-7(8-2-3-19-6-8)17-13(18)9-4-12(16)11(15)5-10(9)14/h2-7H,16H2,1H3,(H,17,18).